The normalized spacial score (nSPS) is 18.2. The monoisotopic (exact) mass is 311 g/mol. The molecule has 4 nitrogen and oxygen atoms in total. The van der Waals surface area contributed by atoms with Crippen LogP contribution in [0.2, 0.25) is 0 Å². The number of amides is 1. The summed E-state index contributed by atoms with van der Waals surface area (Å²) in [5.74, 6) is 0. The highest BCUT2D eigenvalue weighted by atomic mass is 32.1. The number of aliphatic hydroxyl groups excluding tert-OH is 1. The molecular formula is C16H25NO3S. The second kappa shape index (κ2) is 6.79. The van der Waals surface area contributed by atoms with E-state index in [9.17, 15) is 9.90 Å². The second-order valence-corrected chi connectivity index (χ2v) is 7.75. The summed E-state index contributed by atoms with van der Waals surface area (Å²) in [5.41, 5.74) is 0.675. The number of hydrogen-bond donors (Lipinski definition) is 2. The molecule has 1 heterocycles. The van der Waals surface area contributed by atoms with Crippen LogP contribution < -0.4 is 5.32 Å². The fourth-order valence-corrected chi connectivity index (χ4v) is 3.79. The van der Waals surface area contributed by atoms with Crippen molar-refractivity contribution < 1.29 is 14.6 Å². The molecule has 0 bridgehead atoms. The van der Waals surface area contributed by atoms with Gasteiger partial charge in [0.2, 0.25) is 0 Å². The fraction of sp³-hybridized carbons (Fsp3) is 0.688. The number of aliphatic hydroxyl groups is 1. The minimum absolute atomic E-state index is 0.279. The number of alkyl carbamates (subject to hydrolysis) is 1. The number of aryl methyl sites for hydroxylation is 2. The quantitative estimate of drug-likeness (QED) is 0.836. The Balaban J connectivity index is 1.73. The first-order valence-corrected chi connectivity index (χ1v) is 8.43. The molecule has 0 aliphatic heterocycles. The average Bonchev–Trinajstić information content (AvgIpc) is 2.77. The van der Waals surface area contributed by atoms with Crippen molar-refractivity contribution in [2.75, 3.05) is 6.54 Å². The molecule has 0 radical (unpaired) electrons. The molecule has 1 amide bonds. The lowest BCUT2D eigenvalue weighted by Gasteiger charge is -2.19. The number of carbonyl (C=O) groups excluding carboxylic acids is 1. The number of hydrogen-bond acceptors (Lipinski definition) is 4. The fourth-order valence-electron chi connectivity index (χ4n) is 2.48. The zero-order chi connectivity index (χ0) is 15.5. The number of ether oxygens (including phenoxy) is 1. The van der Waals surface area contributed by atoms with Crippen LogP contribution in [0.1, 0.15) is 61.5 Å². The molecule has 2 rings (SSSR count). The Kier molecular flexibility index (Phi) is 5.27. The zero-order valence-electron chi connectivity index (χ0n) is 13.1. The molecule has 0 saturated carbocycles. The highest BCUT2D eigenvalue weighted by Gasteiger charge is 2.20. The predicted octanol–water partition coefficient (Wildman–Crippen LogP) is 3.58. The number of fused-ring (bicyclic) bond motifs is 1. The van der Waals surface area contributed by atoms with E-state index in [-0.39, 0.29) is 12.2 Å². The van der Waals surface area contributed by atoms with Crippen LogP contribution in [-0.2, 0) is 17.6 Å². The molecule has 0 fully saturated rings. The van der Waals surface area contributed by atoms with E-state index in [1.54, 1.807) is 11.3 Å². The maximum atomic E-state index is 11.5. The summed E-state index contributed by atoms with van der Waals surface area (Å²) in [6.45, 7) is 6.18. The molecule has 0 saturated heterocycles. The predicted molar refractivity (Wildman–Crippen MR) is 84.8 cm³/mol. The number of nitrogens with one attached hydrogen (secondary N) is 1. The van der Waals surface area contributed by atoms with Gasteiger partial charge in [-0.2, -0.15) is 0 Å². The first-order valence-electron chi connectivity index (χ1n) is 7.61. The van der Waals surface area contributed by atoms with Crippen molar-refractivity contribution in [2.24, 2.45) is 0 Å². The third-order valence-corrected chi connectivity index (χ3v) is 4.67. The molecule has 0 aromatic carbocycles. The number of thiophene rings is 1. The SMILES string of the molecule is CC(C)(C)OC(=O)NCCCc1cc2c(s1)CCCC2O. The Morgan fingerprint density at radius 1 is 1.52 bits per heavy atom. The van der Waals surface area contributed by atoms with Crippen LogP contribution in [-0.4, -0.2) is 23.3 Å². The summed E-state index contributed by atoms with van der Waals surface area (Å²) in [6, 6.07) is 2.14. The van der Waals surface area contributed by atoms with Gasteiger partial charge in [-0.15, -0.1) is 11.3 Å². The Hall–Kier alpha value is -1.07. The highest BCUT2D eigenvalue weighted by Crippen LogP contribution is 2.35. The molecule has 0 spiro atoms. The van der Waals surface area contributed by atoms with Crippen LogP contribution in [0.5, 0.6) is 0 Å². The van der Waals surface area contributed by atoms with E-state index in [2.05, 4.69) is 11.4 Å². The van der Waals surface area contributed by atoms with Gasteiger partial charge >= 0.3 is 6.09 Å². The summed E-state index contributed by atoms with van der Waals surface area (Å²) in [4.78, 5) is 14.1. The molecule has 1 aromatic rings. The van der Waals surface area contributed by atoms with Crippen molar-refractivity contribution in [1.82, 2.24) is 5.32 Å². The molecule has 21 heavy (non-hydrogen) atoms. The van der Waals surface area contributed by atoms with E-state index in [0.717, 1.165) is 37.7 Å². The van der Waals surface area contributed by atoms with Gasteiger partial charge in [-0.05, 0) is 64.5 Å². The van der Waals surface area contributed by atoms with Gasteiger partial charge < -0.3 is 15.2 Å². The van der Waals surface area contributed by atoms with Crippen molar-refractivity contribution in [3.05, 3.63) is 21.4 Å². The van der Waals surface area contributed by atoms with E-state index < -0.39 is 5.60 Å². The van der Waals surface area contributed by atoms with Crippen molar-refractivity contribution >= 4 is 17.4 Å². The lowest BCUT2D eigenvalue weighted by molar-refractivity contribution is 0.0527. The topological polar surface area (TPSA) is 58.6 Å². The second-order valence-electron chi connectivity index (χ2n) is 6.53. The number of carbonyl (C=O) groups is 1. The average molecular weight is 311 g/mol. The van der Waals surface area contributed by atoms with Gasteiger partial charge in [-0.3, -0.25) is 0 Å². The third kappa shape index (κ3) is 5.00. The van der Waals surface area contributed by atoms with E-state index in [1.807, 2.05) is 20.8 Å². The van der Waals surface area contributed by atoms with E-state index in [0.29, 0.717) is 6.54 Å². The van der Waals surface area contributed by atoms with E-state index in [4.69, 9.17) is 4.74 Å². The first-order chi connectivity index (χ1) is 9.85. The summed E-state index contributed by atoms with van der Waals surface area (Å²) in [7, 11) is 0. The van der Waals surface area contributed by atoms with Crippen LogP contribution in [0.15, 0.2) is 6.07 Å². The van der Waals surface area contributed by atoms with Crippen molar-refractivity contribution in [3.8, 4) is 0 Å². The van der Waals surface area contributed by atoms with Gasteiger partial charge in [0, 0.05) is 16.3 Å². The zero-order valence-corrected chi connectivity index (χ0v) is 13.9. The number of rotatable bonds is 4. The molecular weight excluding hydrogens is 286 g/mol. The van der Waals surface area contributed by atoms with Crippen LogP contribution in [0, 0.1) is 0 Å². The Morgan fingerprint density at radius 3 is 2.95 bits per heavy atom. The van der Waals surface area contributed by atoms with Crippen LogP contribution >= 0.6 is 11.3 Å². The van der Waals surface area contributed by atoms with Gasteiger partial charge in [0.05, 0.1) is 6.10 Å². The van der Waals surface area contributed by atoms with Crippen molar-refractivity contribution in [3.63, 3.8) is 0 Å². The van der Waals surface area contributed by atoms with Crippen molar-refractivity contribution in [1.29, 1.82) is 0 Å². The Morgan fingerprint density at radius 2 is 2.29 bits per heavy atom. The summed E-state index contributed by atoms with van der Waals surface area (Å²) < 4.78 is 5.19. The molecule has 118 valence electrons. The van der Waals surface area contributed by atoms with Gasteiger partial charge in [0.25, 0.3) is 0 Å². The summed E-state index contributed by atoms with van der Waals surface area (Å²) in [5, 5.41) is 12.7. The smallest absolute Gasteiger partial charge is 0.407 e. The van der Waals surface area contributed by atoms with E-state index >= 15 is 0 Å². The lowest BCUT2D eigenvalue weighted by atomic mass is 9.96. The lowest BCUT2D eigenvalue weighted by Crippen LogP contribution is -2.33. The van der Waals surface area contributed by atoms with Crippen molar-refractivity contribution in [2.45, 2.75) is 64.6 Å². The maximum Gasteiger partial charge on any atom is 0.407 e. The molecule has 5 heteroatoms. The van der Waals surface area contributed by atoms with Crippen LogP contribution in [0.3, 0.4) is 0 Å². The van der Waals surface area contributed by atoms with Crippen LogP contribution in [0.25, 0.3) is 0 Å². The molecule has 1 aromatic heterocycles. The third-order valence-electron chi connectivity index (χ3n) is 3.40. The summed E-state index contributed by atoms with van der Waals surface area (Å²) in [6.07, 6.45) is 4.22. The minimum Gasteiger partial charge on any atom is -0.444 e. The van der Waals surface area contributed by atoms with Crippen LogP contribution in [0.4, 0.5) is 4.79 Å². The van der Waals surface area contributed by atoms with Gasteiger partial charge in [-0.1, -0.05) is 0 Å². The van der Waals surface area contributed by atoms with Gasteiger partial charge in [0.1, 0.15) is 5.60 Å². The molecule has 1 atom stereocenters. The first kappa shape index (κ1) is 16.3. The molecule has 1 aliphatic carbocycles. The maximum absolute atomic E-state index is 11.5. The Bertz CT molecular complexity index is 490. The molecule has 2 N–H and O–H groups in total. The van der Waals surface area contributed by atoms with E-state index in [1.165, 1.54) is 9.75 Å². The summed E-state index contributed by atoms with van der Waals surface area (Å²) >= 11 is 1.80. The van der Waals surface area contributed by atoms with Gasteiger partial charge in [-0.25, -0.2) is 4.79 Å². The Labute approximate surface area is 130 Å². The largest absolute Gasteiger partial charge is 0.444 e. The standard InChI is InChI=1S/C16H25NO3S/c1-16(2,3)20-15(19)17-9-5-6-11-10-12-13(18)7-4-8-14(12)21-11/h10,13,18H,4-9H2,1-3H3,(H,17,19). The minimum atomic E-state index is -0.451. The van der Waals surface area contributed by atoms with Gasteiger partial charge in [0.15, 0.2) is 0 Å². The highest BCUT2D eigenvalue weighted by molar-refractivity contribution is 7.12. The molecule has 1 aliphatic rings. The molecule has 1 unspecified atom stereocenters.